The predicted molar refractivity (Wildman–Crippen MR) is 98.4 cm³/mol. The quantitative estimate of drug-likeness (QED) is 0.787. The van der Waals surface area contributed by atoms with Gasteiger partial charge in [0.1, 0.15) is 24.9 Å². The van der Waals surface area contributed by atoms with Gasteiger partial charge >= 0.3 is 0 Å². The Hall–Kier alpha value is -2.43. The van der Waals surface area contributed by atoms with E-state index >= 15 is 0 Å². The minimum absolute atomic E-state index is 0.221. The summed E-state index contributed by atoms with van der Waals surface area (Å²) in [6.07, 6.45) is 5.52. The highest BCUT2D eigenvalue weighted by Crippen LogP contribution is 2.21. The van der Waals surface area contributed by atoms with Crippen LogP contribution < -0.4 is 10.1 Å². The molecule has 0 saturated carbocycles. The molecule has 0 spiro atoms. The van der Waals surface area contributed by atoms with Crippen molar-refractivity contribution < 1.29 is 14.3 Å². The van der Waals surface area contributed by atoms with E-state index in [9.17, 15) is 4.79 Å². The maximum atomic E-state index is 10.8. The zero-order valence-corrected chi connectivity index (χ0v) is 14.4. The lowest BCUT2D eigenvalue weighted by molar-refractivity contribution is -0.109. The van der Waals surface area contributed by atoms with Crippen LogP contribution >= 0.6 is 0 Å². The van der Waals surface area contributed by atoms with Crippen molar-refractivity contribution in [2.45, 2.75) is 32.2 Å². The predicted octanol–water partition coefficient (Wildman–Crippen LogP) is 3.35. The van der Waals surface area contributed by atoms with Crippen molar-refractivity contribution in [3.8, 4) is 5.75 Å². The Kier molecular flexibility index (Phi) is 5.99. The number of benzene rings is 2. The number of aldehydes is 1. The fourth-order valence-electron chi connectivity index (χ4n) is 2.71. The molecule has 0 bridgehead atoms. The average molecular weight is 337 g/mol. The summed E-state index contributed by atoms with van der Waals surface area (Å²) in [5.41, 5.74) is 3.42. The molecule has 2 aromatic rings. The molecule has 1 aliphatic heterocycles. The van der Waals surface area contributed by atoms with Gasteiger partial charge < -0.3 is 14.3 Å². The highest BCUT2D eigenvalue weighted by molar-refractivity contribution is 5.59. The van der Waals surface area contributed by atoms with Crippen molar-refractivity contribution in [3.05, 3.63) is 71.3 Å². The molecule has 2 aromatic carbocycles. The van der Waals surface area contributed by atoms with Gasteiger partial charge in [0.25, 0.3) is 0 Å². The third kappa shape index (κ3) is 5.02. The van der Waals surface area contributed by atoms with Crippen LogP contribution in [0.5, 0.6) is 5.75 Å². The summed E-state index contributed by atoms with van der Waals surface area (Å²) in [5.74, 6) is 0.855. The fraction of sp³-hybridized carbons (Fsp3) is 0.286. The largest absolute Gasteiger partial charge is 0.489 e. The summed E-state index contributed by atoms with van der Waals surface area (Å²) >= 11 is 0. The molecule has 0 aliphatic carbocycles. The number of hydrogen-bond acceptors (Lipinski definition) is 4. The number of aryl methyl sites for hydroxylation is 1. The Morgan fingerprint density at radius 2 is 2.04 bits per heavy atom. The topological polar surface area (TPSA) is 47.6 Å². The smallest absolute Gasteiger partial charge is 0.139 e. The van der Waals surface area contributed by atoms with Crippen LogP contribution in [0.4, 0.5) is 0 Å². The van der Waals surface area contributed by atoms with Gasteiger partial charge in [0.2, 0.25) is 0 Å². The van der Waals surface area contributed by atoms with Crippen molar-refractivity contribution in [1.29, 1.82) is 0 Å². The fourth-order valence-corrected chi connectivity index (χ4v) is 2.71. The van der Waals surface area contributed by atoms with E-state index in [1.54, 1.807) is 0 Å². The standard InChI is InChI=1S/C21H23NO3/c1-2-16-10-18(8-9-21-22-19(13-23)15-25-21)12-20(11-16)24-14-17-6-4-3-5-7-17/h3-13,19,21-22H,2,14-15H2,1H3. The number of hydrogen-bond donors (Lipinski definition) is 1. The summed E-state index contributed by atoms with van der Waals surface area (Å²) in [4.78, 5) is 10.8. The second-order valence-electron chi connectivity index (χ2n) is 6.06. The average Bonchev–Trinajstić information content (AvgIpc) is 3.13. The highest BCUT2D eigenvalue weighted by atomic mass is 16.5. The van der Waals surface area contributed by atoms with Gasteiger partial charge in [-0.15, -0.1) is 0 Å². The molecule has 1 saturated heterocycles. The molecule has 4 nitrogen and oxygen atoms in total. The van der Waals surface area contributed by atoms with Gasteiger partial charge in [0.05, 0.1) is 12.6 Å². The molecule has 2 unspecified atom stereocenters. The maximum Gasteiger partial charge on any atom is 0.139 e. The van der Waals surface area contributed by atoms with E-state index < -0.39 is 0 Å². The van der Waals surface area contributed by atoms with Crippen LogP contribution in [0.3, 0.4) is 0 Å². The van der Waals surface area contributed by atoms with Crippen LogP contribution in [-0.2, 0) is 22.6 Å². The molecule has 0 aromatic heterocycles. The number of nitrogens with one attached hydrogen (secondary N) is 1. The van der Waals surface area contributed by atoms with Gasteiger partial charge in [-0.2, -0.15) is 0 Å². The van der Waals surface area contributed by atoms with Gasteiger partial charge in [-0.3, -0.25) is 5.32 Å². The molecule has 130 valence electrons. The van der Waals surface area contributed by atoms with E-state index in [0.29, 0.717) is 13.2 Å². The second kappa shape index (κ2) is 8.60. The van der Waals surface area contributed by atoms with Gasteiger partial charge in [-0.05, 0) is 41.3 Å². The van der Waals surface area contributed by atoms with E-state index in [2.05, 4.69) is 36.5 Å². The van der Waals surface area contributed by atoms with Crippen molar-refractivity contribution in [2.24, 2.45) is 0 Å². The Bertz CT molecular complexity index is 727. The van der Waals surface area contributed by atoms with Crippen LogP contribution in [0, 0.1) is 0 Å². The maximum absolute atomic E-state index is 10.8. The third-order valence-electron chi connectivity index (χ3n) is 4.11. The minimum atomic E-state index is -0.228. The minimum Gasteiger partial charge on any atom is -0.489 e. The molecule has 1 N–H and O–H groups in total. The summed E-state index contributed by atoms with van der Waals surface area (Å²) in [7, 11) is 0. The molecular weight excluding hydrogens is 314 g/mol. The van der Waals surface area contributed by atoms with E-state index in [1.807, 2.05) is 36.4 Å². The summed E-state index contributed by atoms with van der Waals surface area (Å²) in [6, 6.07) is 16.1. The van der Waals surface area contributed by atoms with Crippen LogP contribution in [0.1, 0.15) is 23.6 Å². The number of carbonyl (C=O) groups excluding carboxylic acids is 1. The summed E-state index contributed by atoms with van der Waals surface area (Å²) < 4.78 is 11.5. The van der Waals surface area contributed by atoms with Gasteiger partial charge in [0, 0.05) is 0 Å². The van der Waals surface area contributed by atoms with Gasteiger partial charge in [0.15, 0.2) is 0 Å². The molecule has 1 heterocycles. The molecule has 3 rings (SSSR count). The monoisotopic (exact) mass is 337 g/mol. The SMILES string of the molecule is CCc1cc(C=CC2NC(C=O)CO2)cc(OCc2ccccc2)c1. The molecule has 25 heavy (non-hydrogen) atoms. The normalized spacial score (nSPS) is 20.0. The lowest BCUT2D eigenvalue weighted by Crippen LogP contribution is -2.30. The Labute approximate surface area is 148 Å². The highest BCUT2D eigenvalue weighted by Gasteiger charge is 2.21. The molecular formula is C21H23NO3. The molecule has 1 aliphatic rings. The first-order valence-corrected chi connectivity index (χ1v) is 8.58. The van der Waals surface area contributed by atoms with Crippen LogP contribution in [0.2, 0.25) is 0 Å². The van der Waals surface area contributed by atoms with E-state index in [4.69, 9.17) is 9.47 Å². The van der Waals surface area contributed by atoms with Crippen LogP contribution in [-0.4, -0.2) is 25.2 Å². The van der Waals surface area contributed by atoms with Crippen LogP contribution in [0.25, 0.3) is 6.08 Å². The number of carbonyl (C=O) groups is 1. The van der Waals surface area contributed by atoms with E-state index in [0.717, 1.165) is 29.6 Å². The lowest BCUT2D eigenvalue weighted by atomic mass is 10.1. The summed E-state index contributed by atoms with van der Waals surface area (Å²) in [6.45, 7) is 3.09. The first-order chi connectivity index (χ1) is 12.3. The Morgan fingerprint density at radius 3 is 2.76 bits per heavy atom. The lowest BCUT2D eigenvalue weighted by Gasteiger charge is -2.10. The zero-order valence-electron chi connectivity index (χ0n) is 14.4. The van der Waals surface area contributed by atoms with E-state index in [-0.39, 0.29) is 12.3 Å². The molecule has 4 heteroatoms. The molecule has 0 amide bonds. The number of rotatable bonds is 7. The summed E-state index contributed by atoms with van der Waals surface area (Å²) in [5, 5.41) is 3.09. The van der Waals surface area contributed by atoms with Crippen molar-refractivity contribution >= 4 is 12.4 Å². The number of ether oxygens (including phenoxy) is 2. The van der Waals surface area contributed by atoms with Crippen LogP contribution in [0.15, 0.2) is 54.6 Å². The van der Waals surface area contributed by atoms with Crippen molar-refractivity contribution in [3.63, 3.8) is 0 Å². The molecule has 2 atom stereocenters. The second-order valence-corrected chi connectivity index (χ2v) is 6.06. The third-order valence-corrected chi connectivity index (χ3v) is 4.11. The van der Waals surface area contributed by atoms with E-state index in [1.165, 1.54) is 5.56 Å². The first-order valence-electron chi connectivity index (χ1n) is 8.58. The zero-order chi connectivity index (χ0) is 17.5. The van der Waals surface area contributed by atoms with Gasteiger partial charge in [-0.1, -0.05) is 49.4 Å². The van der Waals surface area contributed by atoms with Crippen molar-refractivity contribution in [2.75, 3.05) is 6.61 Å². The molecule has 0 radical (unpaired) electrons. The van der Waals surface area contributed by atoms with Gasteiger partial charge in [-0.25, -0.2) is 0 Å². The van der Waals surface area contributed by atoms with Crippen molar-refractivity contribution in [1.82, 2.24) is 5.32 Å². The Morgan fingerprint density at radius 1 is 1.20 bits per heavy atom. The Balaban J connectivity index is 1.68. The molecule has 1 fully saturated rings. The first kappa shape index (κ1) is 17.4.